The normalized spacial score (nSPS) is 11.5. The Morgan fingerprint density at radius 1 is 1.65 bits per heavy atom. The lowest BCUT2D eigenvalue weighted by Gasteiger charge is -2.13. The van der Waals surface area contributed by atoms with E-state index >= 15 is 0 Å². The van der Waals surface area contributed by atoms with Gasteiger partial charge in [-0.2, -0.15) is 0 Å². The van der Waals surface area contributed by atoms with Crippen molar-refractivity contribution in [2.75, 3.05) is 19.0 Å². The van der Waals surface area contributed by atoms with Crippen molar-refractivity contribution in [3.8, 4) is 0 Å². The number of nitrogens with one attached hydrogen (secondary N) is 1. The second kappa shape index (κ2) is 7.60. The first-order valence-electron chi connectivity index (χ1n) is 4.57. The van der Waals surface area contributed by atoms with Gasteiger partial charge in [0.05, 0.1) is 4.47 Å². The lowest BCUT2D eigenvalue weighted by molar-refractivity contribution is -0.125. The topological polar surface area (TPSA) is 64.3 Å². The molecular formula is C10H13BrClFN2O2. The van der Waals surface area contributed by atoms with E-state index in [1.165, 1.54) is 19.2 Å². The van der Waals surface area contributed by atoms with Crippen molar-refractivity contribution >= 4 is 39.9 Å². The fourth-order valence-corrected chi connectivity index (χ4v) is 1.35. The SMILES string of the molecule is COC(CN)C(=O)Nc1ccc(Br)c(F)c1.Cl. The van der Waals surface area contributed by atoms with Crippen LogP contribution in [-0.2, 0) is 9.53 Å². The van der Waals surface area contributed by atoms with Gasteiger partial charge in [0.2, 0.25) is 0 Å². The number of ether oxygens (including phenoxy) is 1. The van der Waals surface area contributed by atoms with Gasteiger partial charge in [0, 0.05) is 19.3 Å². The quantitative estimate of drug-likeness (QED) is 0.888. The van der Waals surface area contributed by atoms with Crippen LogP contribution in [0.2, 0.25) is 0 Å². The number of anilines is 1. The Morgan fingerprint density at radius 3 is 2.76 bits per heavy atom. The van der Waals surface area contributed by atoms with Crippen molar-refractivity contribution in [2.45, 2.75) is 6.10 Å². The average molecular weight is 328 g/mol. The molecule has 17 heavy (non-hydrogen) atoms. The highest BCUT2D eigenvalue weighted by Gasteiger charge is 2.15. The van der Waals surface area contributed by atoms with E-state index in [4.69, 9.17) is 10.5 Å². The third-order valence-electron chi connectivity index (χ3n) is 1.98. The van der Waals surface area contributed by atoms with Crippen molar-refractivity contribution in [3.05, 3.63) is 28.5 Å². The molecule has 0 aromatic heterocycles. The molecule has 1 amide bonds. The molecule has 0 aliphatic carbocycles. The Morgan fingerprint density at radius 2 is 2.29 bits per heavy atom. The largest absolute Gasteiger partial charge is 0.370 e. The molecule has 0 spiro atoms. The van der Waals surface area contributed by atoms with E-state index in [-0.39, 0.29) is 19.0 Å². The molecule has 4 nitrogen and oxygen atoms in total. The van der Waals surface area contributed by atoms with E-state index in [1.807, 2.05) is 0 Å². The second-order valence-corrected chi connectivity index (χ2v) is 3.93. The van der Waals surface area contributed by atoms with Crippen molar-refractivity contribution in [1.29, 1.82) is 0 Å². The molecule has 1 aromatic rings. The zero-order valence-corrected chi connectivity index (χ0v) is 11.5. The van der Waals surface area contributed by atoms with E-state index in [0.29, 0.717) is 10.2 Å². The average Bonchev–Trinajstić information content (AvgIpc) is 2.25. The highest BCUT2D eigenvalue weighted by molar-refractivity contribution is 9.10. The van der Waals surface area contributed by atoms with Gasteiger partial charge < -0.3 is 15.8 Å². The van der Waals surface area contributed by atoms with Crippen LogP contribution < -0.4 is 11.1 Å². The maximum absolute atomic E-state index is 13.1. The molecule has 0 saturated carbocycles. The summed E-state index contributed by atoms with van der Waals surface area (Å²) in [7, 11) is 1.39. The van der Waals surface area contributed by atoms with Crippen molar-refractivity contribution < 1.29 is 13.9 Å². The maximum atomic E-state index is 13.1. The maximum Gasteiger partial charge on any atom is 0.254 e. The lowest BCUT2D eigenvalue weighted by Crippen LogP contribution is -2.35. The number of carbonyl (C=O) groups is 1. The predicted molar refractivity (Wildman–Crippen MR) is 69.8 cm³/mol. The number of rotatable bonds is 4. The zero-order chi connectivity index (χ0) is 12.1. The second-order valence-electron chi connectivity index (χ2n) is 3.08. The summed E-state index contributed by atoms with van der Waals surface area (Å²) in [5, 5.41) is 2.51. The van der Waals surface area contributed by atoms with E-state index in [1.54, 1.807) is 6.07 Å². The minimum atomic E-state index is -0.730. The Kier molecular flexibility index (Phi) is 7.29. The number of amides is 1. The van der Waals surface area contributed by atoms with Crippen LogP contribution in [0.3, 0.4) is 0 Å². The first-order valence-corrected chi connectivity index (χ1v) is 5.36. The van der Waals surface area contributed by atoms with Gasteiger partial charge >= 0.3 is 0 Å². The first-order chi connectivity index (χ1) is 7.58. The summed E-state index contributed by atoms with van der Waals surface area (Å²) in [6.07, 6.45) is -0.730. The molecule has 0 heterocycles. The molecule has 0 bridgehead atoms. The molecule has 0 radical (unpaired) electrons. The summed E-state index contributed by atoms with van der Waals surface area (Å²) in [4.78, 5) is 11.5. The van der Waals surface area contributed by atoms with E-state index in [9.17, 15) is 9.18 Å². The number of nitrogens with two attached hydrogens (primary N) is 1. The molecule has 0 saturated heterocycles. The van der Waals surface area contributed by atoms with Gasteiger partial charge in [-0.05, 0) is 34.1 Å². The van der Waals surface area contributed by atoms with Crippen LogP contribution in [0.5, 0.6) is 0 Å². The highest BCUT2D eigenvalue weighted by Crippen LogP contribution is 2.19. The predicted octanol–water partition coefficient (Wildman–Crippen LogP) is 1.92. The van der Waals surface area contributed by atoms with Crippen LogP contribution in [0.25, 0.3) is 0 Å². The Hall–Kier alpha value is -0.690. The standard InChI is InChI=1S/C10H12BrFN2O2.ClH/c1-16-9(5-13)10(15)14-6-2-3-7(11)8(12)4-6;/h2-4,9H,5,13H2,1H3,(H,14,15);1H. The first kappa shape index (κ1) is 16.3. The van der Waals surface area contributed by atoms with Crippen LogP contribution in [0.4, 0.5) is 10.1 Å². The van der Waals surface area contributed by atoms with Gasteiger partial charge in [0.1, 0.15) is 11.9 Å². The van der Waals surface area contributed by atoms with E-state index < -0.39 is 17.8 Å². The van der Waals surface area contributed by atoms with Gasteiger partial charge in [-0.1, -0.05) is 0 Å². The van der Waals surface area contributed by atoms with Crippen molar-refractivity contribution in [2.24, 2.45) is 5.73 Å². The fraction of sp³-hybridized carbons (Fsp3) is 0.300. The summed E-state index contributed by atoms with van der Waals surface area (Å²) < 4.78 is 18.3. The van der Waals surface area contributed by atoms with Gasteiger partial charge in [-0.3, -0.25) is 4.79 Å². The van der Waals surface area contributed by atoms with Gasteiger partial charge in [-0.15, -0.1) is 12.4 Å². The Balaban J connectivity index is 0.00000256. The molecular weight excluding hydrogens is 314 g/mol. The number of hydrogen-bond acceptors (Lipinski definition) is 3. The Bertz CT molecular complexity index is 389. The van der Waals surface area contributed by atoms with Crippen molar-refractivity contribution in [1.82, 2.24) is 0 Å². The van der Waals surface area contributed by atoms with Gasteiger partial charge in [-0.25, -0.2) is 4.39 Å². The van der Waals surface area contributed by atoms with Crippen LogP contribution in [0.15, 0.2) is 22.7 Å². The van der Waals surface area contributed by atoms with Crippen LogP contribution in [0, 0.1) is 5.82 Å². The smallest absolute Gasteiger partial charge is 0.254 e. The molecule has 3 N–H and O–H groups in total. The highest BCUT2D eigenvalue weighted by atomic mass is 79.9. The monoisotopic (exact) mass is 326 g/mol. The zero-order valence-electron chi connectivity index (χ0n) is 9.07. The molecule has 1 aromatic carbocycles. The van der Waals surface area contributed by atoms with Crippen LogP contribution in [0.1, 0.15) is 0 Å². The van der Waals surface area contributed by atoms with Gasteiger partial charge in [0.15, 0.2) is 0 Å². The summed E-state index contributed by atoms with van der Waals surface area (Å²) >= 11 is 3.02. The molecule has 0 aliphatic rings. The molecule has 96 valence electrons. The van der Waals surface area contributed by atoms with Gasteiger partial charge in [0.25, 0.3) is 5.91 Å². The molecule has 0 fully saturated rings. The third-order valence-corrected chi connectivity index (χ3v) is 2.62. The minimum absolute atomic E-state index is 0. The fourth-order valence-electron chi connectivity index (χ4n) is 1.11. The summed E-state index contributed by atoms with van der Waals surface area (Å²) in [6, 6.07) is 4.30. The summed E-state index contributed by atoms with van der Waals surface area (Å²) in [6.45, 7) is 0.0708. The number of methoxy groups -OCH3 is 1. The molecule has 0 aliphatic heterocycles. The number of carbonyl (C=O) groups excluding carboxylic acids is 1. The number of halogens is 3. The number of hydrogen-bond donors (Lipinski definition) is 2. The number of benzene rings is 1. The summed E-state index contributed by atoms with van der Waals surface area (Å²) in [5.41, 5.74) is 5.69. The Labute approximate surface area is 113 Å². The molecule has 1 atom stereocenters. The third kappa shape index (κ3) is 4.59. The van der Waals surface area contributed by atoms with E-state index in [2.05, 4.69) is 21.2 Å². The van der Waals surface area contributed by atoms with Crippen LogP contribution in [-0.4, -0.2) is 25.7 Å². The minimum Gasteiger partial charge on any atom is -0.370 e. The molecule has 1 unspecified atom stereocenters. The van der Waals surface area contributed by atoms with Crippen LogP contribution >= 0.6 is 28.3 Å². The summed E-state index contributed by atoms with van der Waals surface area (Å²) in [5.74, 6) is -0.841. The lowest BCUT2D eigenvalue weighted by atomic mass is 10.2. The molecule has 1 rings (SSSR count). The van der Waals surface area contributed by atoms with Crippen molar-refractivity contribution in [3.63, 3.8) is 0 Å². The molecule has 7 heteroatoms. The van der Waals surface area contributed by atoms with E-state index in [0.717, 1.165) is 0 Å².